The first kappa shape index (κ1) is 18.9. The van der Waals surface area contributed by atoms with E-state index in [0.29, 0.717) is 17.7 Å². The molecule has 0 amide bonds. The van der Waals surface area contributed by atoms with Gasteiger partial charge in [-0.3, -0.25) is 0 Å². The van der Waals surface area contributed by atoms with Crippen molar-refractivity contribution in [1.82, 2.24) is 9.55 Å². The van der Waals surface area contributed by atoms with Crippen LogP contribution in [0.1, 0.15) is 57.6 Å². The van der Waals surface area contributed by atoms with Gasteiger partial charge in [0.05, 0.1) is 5.69 Å². The average Bonchev–Trinajstić information content (AvgIpc) is 2.82. The Labute approximate surface area is 146 Å². The highest BCUT2D eigenvalue weighted by Gasteiger charge is 2.22. The van der Waals surface area contributed by atoms with Crippen LogP contribution in [0.25, 0.3) is 0 Å². The third-order valence-electron chi connectivity index (χ3n) is 3.64. The summed E-state index contributed by atoms with van der Waals surface area (Å²) in [6, 6.07) is 3.71. The largest absolute Gasteiger partial charge is 0.396 e. The summed E-state index contributed by atoms with van der Waals surface area (Å²) in [6.07, 6.45) is 1.31. The van der Waals surface area contributed by atoms with Crippen molar-refractivity contribution in [2.75, 3.05) is 6.61 Å². The van der Waals surface area contributed by atoms with Gasteiger partial charge in [0, 0.05) is 30.0 Å². The fourth-order valence-electron chi connectivity index (χ4n) is 2.60. The third kappa shape index (κ3) is 4.36. The van der Waals surface area contributed by atoms with Crippen LogP contribution in [-0.4, -0.2) is 21.3 Å². The van der Waals surface area contributed by atoms with Crippen molar-refractivity contribution in [2.45, 2.75) is 62.4 Å². The Morgan fingerprint density at radius 1 is 1.12 bits per heavy atom. The quantitative estimate of drug-likeness (QED) is 0.765. The molecule has 1 N–H and O–H groups in total. The number of hydrogen-bond acceptors (Lipinski definition) is 3. The predicted molar refractivity (Wildman–Crippen MR) is 92.6 cm³/mol. The second kappa shape index (κ2) is 8.12. The number of aryl methyl sites for hydroxylation is 1. The van der Waals surface area contributed by atoms with E-state index in [2.05, 4.69) is 32.3 Å². The maximum atomic E-state index is 13.5. The smallest absolute Gasteiger partial charge is 0.127 e. The summed E-state index contributed by atoms with van der Waals surface area (Å²) in [4.78, 5) is 5.27. The summed E-state index contributed by atoms with van der Waals surface area (Å²) in [5, 5.41) is 10.0. The number of halogens is 2. The van der Waals surface area contributed by atoms with Crippen molar-refractivity contribution in [3.8, 4) is 0 Å². The van der Waals surface area contributed by atoms with Crippen LogP contribution in [0.3, 0.4) is 0 Å². The zero-order valence-electron chi connectivity index (χ0n) is 14.5. The molecule has 0 bridgehead atoms. The van der Waals surface area contributed by atoms with Gasteiger partial charge < -0.3 is 9.67 Å². The molecule has 0 radical (unpaired) electrons. The van der Waals surface area contributed by atoms with Gasteiger partial charge >= 0.3 is 0 Å². The number of aromatic nitrogens is 2. The van der Waals surface area contributed by atoms with Crippen LogP contribution in [0.2, 0.25) is 0 Å². The predicted octanol–water partition coefficient (Wildman–Crippen LogP) is 4.94. The van der Waals surface area contributed by atoms with Crippen molar-refractivity contribution in [3.63, 3.8) is 0 Å². The van der Waals surface area contributed by atoms with Crippen LogP contribution in [0, 0.1) is 11.6 Å². The molecule has 0 aliphatic heterocycles. The maximum Gasteiger partial charge on any atom is 0.127 e. The number of nitrogens with zero attached hydrogens (tertiary/aromatic N) is 2. The van der Waals surface area contributed by atoms with E-state index in [4.69, 9.17) is 10.1 Å². The molecular weight excluding hydrogens is 330 g/mol. The van der Waals surface area contributed by atoms with Gasteiger partial charge in [-0.05, 0) is 38.3 Å². The molecule has 6 heteroatoms. The van der Waals surface area contributed by atoms with E-state index in [1.54, 1.807) is 0 Å². The Morgan fingerprint density at radius 2 is 1.75 bits per heavy atom. The topological polar surface area (TPSA) is 38.1 Å². The highest BCUT2D eigenvalue weighted by Crippen LogP contribution is 2.37. The molecular formula is C18H24F2N2OS. The lowest BCUT2D eigenvalue weighted by Crippen LogP contribution is -2.08. The first-order valence-corrected chi connectivity index (χ1v) is 9.01. The lowest BCUT2D eigenvalue weighted by molar-refractivity contribution is 0.286. The van der Waals surface area contributed by atoms with E-state index in [-0.39, 0.29) is 18.6 Å². The summed E-state index contributed by atoms with van der Waals surface area (Å²) in [6.45, 7) is 8.34. The lowest BCUT2D eigenvalue weighted by Gasteiger charge is -2.16. The van der Waals surface area contributed by atoms with Crippen molar-refractivity contribution >= 4 is 11.8 Å². The second-order valence-corrected chi connectivity index (χ2v) is 7.43. The standard InChI is InChI=1S/C18H24F2N2OS/c1-11(2)17-18(24-15-9-13(19)8-14(20)10-15)22(12(3)4)16(21-17)6-5-7-23/h8-12,23H,5-7H2,1-4H3. The zero-order chi connectivity index (χ0) is 17.9. The van der Waals surface area contributed by atoms with Gasteiger partial charge in [-0.15, -0.1) is 0 Å². The van der Waals surface area contributed by atoms with Gasteiger partial charge in [-0.25, -0.2) is 13.8 Å². The first-order valence-electron chi connectivity index (χ1n) is 8.19. The first-order chi connectivity index (χ1) is 11.3. The SMILES string of the molecule is CC(C)c1nc(CCCO)n(C(C)C)c1Sc1cc(F)cc(F)c1. The van der Waals surface area contributed by atoms with Gasteiger partial charge in [0.2, 0.25) is 0 Å². The molecule has 2 rings (SSSR count). The maximum absolute atomic E-state index is 13.5. The lowest BCUT2D eigenvalue weighted by atomic mass is 10.1. The van der Waals surface area contributed by atoms with Crippen LogP contribution in [-0.2, 0) is 6.42 Å². The highest BCUT2D eigenvalue weighted by molar-refractivity contribution is 7.99. The summed E-state index contributed by atoms with van der Waals surface area (Å²) >= 11 is 1.34. The number of aliphatic hydroxyl groups excluding tert-OH is 1. The molecule has 0 saturated heterocycles. The van der Waals surface area contributed by atoms with Gasteiger partial charge in [0.25, 0.3) is 0 Å². The third-order valence-corrected chi connectivity index (χ3v) is 4.71. The van der Waals surface area contributed by atoms with E-state index in [1.807, 2.05) is 0 Å². The summed E-state index contributed by atoms with van der Waals surface area (Å²) in [7, 11) is 0. The number of benzene rings is 1. The van der Waals surface area contributed by atoms with Crippen LogP contribution < -0.4 is 0 Å². The van der Waals surface area contributed by atoms with Gasteiger partial charge in [-0.1, -0.05) is 25.6 Å². The van der Waals surface area contributed by atoms with E-state index in [0.717, 1.165) is 22.6 Å². The minimum atomic E-state index is -0.584. The molecule has 0 spiro atoms. The Hall–Kier alpha value is -1.40. The Balaban J connectivity index is 2.50. The average molecular weight is 354 g/mol. The van der Waals surface area contributed by atoms with Gasteiger partial charge in [-0.2, -0.15) is 0 Å². The molecule has 0 saturated carbocycles. The van der Waals surface area contributed by atoms with Crippen LogP contribution in [0.4, 0.5) is 8.78 Å². The fourth-order valence-corrected chi connectivity index (χ4v) is 3.97. The molecule has 24 heavy (non-hydrogen) atoms. The second-order valence-electron chi connectivity index (χ2n) is 6.37. The Morgan fingerprint density at radius 3 is 2.25 bits per heavy atom. The van der Waals surface area contributed by atoms with Crippen molar-refractivity contribution in [2.24, 2.45) is 0 Å². The van der Waals surface area contributed by atoms with Crippen molar-refractivity contribution < 1.29 is 13.9 Å². The van der Waals surface area contributed by atoms with Gasteiger partial charge in [0.15, 0.2) is 0 Å². The van der Waals surface area contributed by atoms with Crippen LogP contribution in [0.5, 0.6) is 0 Å². The molecule has 0 unspecified atom stereocenters. The number of aliphatic hydroxyl groups is 1. The van der Waals surface area contributed by atoms with Crippen LogP contribution >= 0.6 is 11.8 Å². The molecule has 0 atom stereocenters. The number of imidazole rings is 1. The molecule has 1 aromatic carbocycles. The Bertz CT molecular complexity index is 678. The summed E-state index contributed by atoms with van der Waals surface area (Å²) < 4.78 is 29.1. The molecule has 1 aromatic heterocycles. The van der Waals surface area contributed by atoms with Crippen molar-refractivity contribution in [3.05, 3.63) is 41.4 Å². The molecule has 0 fully saturated rings. The van der Waals surface area contributed by atoms with E-state index < -0.39 is 11.6 Å². The molecule has 0 aliphatic rings. The molecule has 0 aliphatic carbocycles. The fraction of sp³-hybridized carbons (Fsp3) is 0.500. The van der Waals surface area contributed by atoms with Crippen LogP contribution in [0.15, 0.2) is 28.1 Å². The van der Waals surface area contributed by atoms with E-state index in [9.17, 15) is 8.78 Å². The zero-order valence-corrected chi connectivity index (χ0v) is 15.3. The normalized spacial score (nSPS) is 11.7. The molecule has 132 valence electrons. The summed E-state index contributed by atoms with van der Waals surface area (Å²) in [5.41, 5.74) is 0.923. The van der Waals surface area contributed by atoms with E-state index in [1.165, 1.54) is 23.9 Å². The minimum absolute atomic E-state index is 0.111. The molecule has 3 nitrogen and oxygen atoms in total. The molecule has 1 heterocycles. The number of hydrogen-bond donors (Lipinski definition) is 1. The molecule has 2 aromatic rings. The van der Waals surface area contributed by atoms with E-state index >= 15 is 0 Å². The minimum Gasteiger partial charge on any atom is -0.396 e. The monoisotopic (exact) mass is 354 g/mol. The highest BCUT2D eigenvalue weighted by atomic mass is 32.2. The van der Waals surface area contributed by atoms with Crippen molar-refractivity contribution in [1.29, 1.82) is 0 Å². The summed E-state index contributed by atoms with van der Waals surface area (Å²) in [5.74, 6) is -0.0691. The van der Waals surface area contributed by atoms with Gasteiger partial charge in [0.1, 0.15) is 22.5 Å². The Kier molecular flexibility index (Phi) is 6.40. The number of rotatable bonds is 7.